The van der Waals surface area contributed by atoms with Gasteiger partial charge in [-0.15, -0.1) is 0 Å². The summed E-state index contributed by atoms with van der Waals surface area (Å²) >= 11 is 5.50. The summed E-state index contributed by atoms with van der Waals surface area (Å²) in [7, 11) is 1.32. The van der Waals surface area contributed by atoms with Gasteiger partial charge >= 0.3 is 5.97 Å². The zero-order valence-electron chi connectivity index (χ0n) is 11.0. The Morgan fingerprint density at radius 1 is 1.19 bits per heavy atom. The predicted molar refractivity (Wildman–Crippen MR) is 92.6 cm³/mol. The second-order valence-corrected chi connectivity index (χ2v) is 6.25. The van der Waals surface area contributed by atoms with Gasteiger partial charge in [0.25, 0.3) is 5.91 Å². The highest BCUT2D eigenvalue weighted by Gasteiger charge is 2.12. The number of carbonyl (C=O) groups is 2. The molecule has 0 fully saturated rings. The summed E-state index contributed by atoms with van der Waals surface area (Å²) in [5.74, 6) is -0.691. The van der Waals surface area contributed by atoms with Gasteiger partial charge in [-0.05, 0) is 74.9 Å². The fraction of sp³-hybridized carbons (Fsp3) is 0.0667. The van der Waals surface area contributed by atoms with Crippen molar-refractivity contribution >= 4 is 56.1 Å². The monoisotopic (exact) mass is 459 g/mol. The van der Waals surface area contributed by atoms with Crippen molar-refractivity contribution in [1.82, 2.24) is 0 Å². The van der Waals surface area contributed by atoms with Crippen LogP contribution in [0.1, 0.15) is 20.7 Å². The van der Waals surface area contributed by atoms with Crippen molar-refractivity contribution in [3.8, 4) is 0 Å². The number of hydrogen-bond acceptors (Lipinski definition) is 3. The van der Waals surface area contributed by atoms with E-state index in [0.29, 0.717) is 21.3 Å². The molecule has 0 radical (unpaired) electrons. The minimum Gasteiger partial charge on any atom is -0.465 e. The molecule has 0 aliphatic heterocycles. The van der Waals surface area contributed by atoms with Crippen LogP contribution in [0.5, 0.6) is 0 Å². The van der Waals surface area contributed by atoms with Crippen molar-refractivity contribution in [2.75, 3.05) is 12.4 Å². The first-order valence-electron chi connectivity index (χ1n) is 5.96. The van der Waals surface area contributed by atoms with Crippen LogP contribution in [-0.2, 0) is 4.74 Å². The summed E-state index contributed by atoms with van der Waals surface area (Å²) in [6.45, 7) is 0. The molecule has 0 bridgehead atoms. The second-order valence-electron chi connectivity index (χ2n) is 4.15. The minimum absolute atomic E-state index is 0.248. The van der Waals surface area contributed by atoms with Gasteiger partial charge in [0, 0.05) is 13.7 Å². The lowest BCUT2D eigenvalue weighted by atomic mass is 10.1. The van der Waals surface area contributed by atoms with Crippen LogP contribution in [0.4, 0.5) is 5.69 Å². The summed E-state index contributed by atoms with van der Waals surface area (Å²) in [5, 5.41) is 2.77. The Kier molecular flexibility index (Phi) is 5.35. The number of halogens is 2. The molecule has 0 heterocycles. The van der Waals surface area contributed by atoms with E-state index in [1.807, 2.05) is 12.1 Å². The Balaban J connectivity index is 2.23. The highest BCUT2D eigenvalue weighted by atomic mass is 127. The fourth-order valence-corrected chi connectivity index (χ4v) is 2.63. The Hall–Kier alpha value is -1.41. The van der Waals surface area contributed by atoms with Gasteiger partial charge in [-0.2, -0.15) is 0 Å². The van der Waals surface area contributed by atoms with E-state index in [4.69, 9.17) is 0 Å². The SMILES string of the molecule is COC(=O)c1cccc(NC(=O)c2cc(I)ccc2Br)c1. The second kappa shape index (κ2) is 7.04. The van der Waals surface area contributed by atoms with Crippen molar-refractivity contribution in [2.45, 2.75) is 0 Å². The van der Waals surface area contributed by atoms with E-state index in [9.17, 15) is 9.59 Å². The van der Waals surface area contributed by atoms with Crippen molar-refractivity contribution in [3.63, 3.8) is 0 Å². The average Bonchev–Trinajstić information content (AvgIpc) is 2.49. The molecule has 1 amide bonds. The lowest BCUT2D eigenvalue weighted by Crippen LogP contribution is -2.13. The molecule has 0 aliphatic rings. The molecule has 0 atom stereocenters. The maximum Gasteiger partial charge on any atom is 0.337 e. The molecule has 0 aliphatic carbocycles. The van der Waals surface area contributed by atoms with Gasteiger partial charge in [0.15, 0.2) is 0 Å². The van der Waals surface area contributed by atoms with Gasteiger partial charge in [0.1, 0.15) is 0 Å². The number of ether oxygens (including phenoxy) is 1. The number of carbonyl (C=O) groups excluding carboxylic acids is 2. The van der Waals surface area contributed by atoms with Crippen LogP contribution in [0.3, 0.4) is 0 Å². The first-order chi connectivity index (χ1) is 10.0. The minimum atomic E-state index is -0.443. The standard InChI is InChI=1S/C15H11BrINO3/c1-21-15(20)9-3-2-4-11(7-9)18-14(19)12-8-10(17)5-6-13(12)16/h2-8H,1H3,(H,18,19). The lowest BCUT2D eigenvalue weighted by Gasteiger charge is -2.08. The molecule has 0 spiro atoms. The number of rotatable bonds is 3. The van der Waals surface area contributed by atoms with Crippen LogP contribution in [0.15, 0.2) is 46.9 Å². The zero-order chi connectivity index (χ0) is 15.4. The molecule has 2 rings (SSSR count). The largest absolute Gasteiger partial charge is 0.465 e. The number of amides is 1. The third-order valence-corrected chi connectivity index (χ3v) is 4.08. The van der Waals surface area contributed by atoms with Crippen molar-refractivity contribution < 1.29 is 14.3 Å². The van der Waals surface area contributed by atoms with Crippen LogP contribution in [0, 0.1) is 3.57 Å². The predicted octanol–water partition coefficient (Wildman–Crippen LogP) is 4.09. The smallest absolute Gasteiger partial charge is 0.337 e. The maximum atomic E-state index is 12.3. The van der Waals surface area contributed by atoms with Gasteiger partial charge in [0.2, 0.25) is 0 Å². The number of benzene rings is 2. The molecule has 108 valence electrons. The summed E-state index contributed by atoms with van der Waals surface area (Å²) < 4.78 is 6.33. The summed E-state index contributed by atoms with van der Waals surface area (Å²) in [4.78, 5) is 23.8. The molecule has 0 saturated carbocycles. The van der Waals surface area contributed by atoms with E-state index in [1.165, 1.54) is 7.11 Å². The molecule has 0 saturated heterocycles. The van der Waals surface area contributed by atoms with Crippen LogP contribution in [0.25, 0.3) is 0 Å². The summed E-state index contributed by atoms with van der Waals surface area (Å²) in [5.41, 5.74) is 1.45. The molecular weight excluding hydrogens is 449 g/mol. The van der Waals surface area contributed by atoms with E-state index >= 15 is 0 Å². The summed E-state index contributed by atoms with van der Waals surface area (Å²) in [6.07, 6.45) is 0. The fourth-order valence-electron chi connectivity index (χ4n) is 1.71. The molecule has 1 N–H and O–H groups in total. The van der Waals surface area contributed by atoms with Crippen LogP contribution < -0.4 is 5.32 Å². The van der Waals surface area contributed by atoms with Gasteiger partial charge in [-0.3, -0.25) is 4.79 Å². The number of esters is 1. The topological polar surface area (TPSA) is 55.4 Å². The average molecular weight is 460 g/mol. The number of anilines is 1. The Labute approximate surface area is 144 Å². The lowest BCUT2D eigenvalue weighted by molar-refractivity contribution is 0.0600. The molecule has 0 aromatic heterocycles. The van der Waals surface area contributed by atoms with E-state index in [1.54, 1.807) is 30.3 Å². The molecule has 4 nitrogen and oxygen atoms in total. The highest BCUT2D eigenvalue weighted by molar-refractivity contribution is 14.1. The zero-order valence-corrected chi connectivity index (χ0v) is 14.8. The number of methoxy groups -OCH3 is 1. The van der Waals surface area contributed by atoms with Gasteiger partial charge in [0.05, 0.1) is 18.2 Å². The highest BCUT2D eigenvalue weighted by Crippen LogP contribution is 2.21. The number of hydrogen-bond donors (Lipinski definition) is 1. The van der Waals surface area contributed by atoms with Crippen molar-refractivity contribution in [2.24, 2.45) is 0 Å². The third kappa shape index (κ3) is 4.04. The van der Waals surface area contributed by atoms with Crippen LogP contribution >= 0.6 is 38.5 Å². The van der Waals surface area contributed by atoms with Crippen molar-refractivity contribution in [1.29, 1.82) is 0 Å². The van der Waals surface area contributed by atoms with Gasteiger partial charge < -0.3 is 10.1 Å². The molecule has 2 aromatic carbocycles. The Bertz CT molecular complexity index is 703. The molecule has 0 unspecified atom stereocenters. The van der Waals surface area contributed by atoms with Crippen molar-refractivity contribution in [3.05, 3.63) is 61.6 Å². The first-order valence-corrected chi connectivity index (χ1v) is 7.83. The molecule has 2 aromatic rings. The third-order valence-electron chi connectivity index (χ3n) is 2.71. The van der Waals surface area contributed by atoms with Crippen LogP contribution in [-0.4, -0.2) is 19.0 Å². The van der Waals surface area contributed by atoms with E-state index in [0.717, 1.165) is 3.57 Å². The van der Waals surface area contributed by atoms with E-state index in [2.05, 4.69) is 48.6 Å². The maximum absolute atomic E-state index is 12.3. The normalized spacial score (nSPS) is 10.0. The quantitative estimate of drug-likeness (QED) is 0.555. The molecule has 21 heavy (non-hydrogen) atoms. The molecular formula is C15H11BrINO3. The Morgan fingerprint density at radius 2 is 1.95 bits per heavy atom. The number of nitrogens with one attached hydrogen (secondary N) is 1. The van der Waals surface area contributed by atoms with Gasteiger partial charge in [-0.1, -0.05) is 6.07 Å². The summed E-state index contributed by atoms with van der Waals surface area (Å²) in [6, 6.07) is 12.1. The van der Waals surface area contributed by atoms with E-state index in [-0.39, 0.29) is 5.91 Å². The Morgan fingerprint density at radius 3 is 2.67 bits per heavy atom. The first kappa shape index (κ1) is 16.0. The van der Waals surface area contributed by atoms with Crippen LogP contribution in [0.2, 0.25) is 0 Å². The van der Waals surface area contributed by atoms with E-state index < -0.39 is 5.97 Å². The molecule has 6 heteroatoms. The van der Waals surface area contributed by atoms with Gasteiger partial charge in [-0.25, -0.2) is 4.79 Å².